The molecule has 0 N–H and O–H groups in total. The Balaban J connectivity index is 2.10. The van der Waals surface area contributed by atoms with Crippen LogP contribution in [0.1, 0.15) is 4.88 Å². The lowest BCUT2D eigenvalue weighted by molar-refractivity contribution is -0.385. The summed E-state index contributed by atoms with van der Waals surface area (Å²) in [6.07, 6.45) is 1.08. The lowest BCUT2D eigenvalue weighted by Gasteiger charge is -2.16. The molecule has 21 heavy (non-hydrogen) atoms. The lowest BCUT2D eigenvalue weighted by atomic mass is 10.4. The van der Waals surface area contributed by atoms with Crippen molar-refractivity contribution in [3.63, 3.8) is 0 Å². The summed E-state index contributed by atoms with van der Waals surface area (Å²) in [7, 11) is 1.63. The highest BCUT2D eigenvalue weighted by atomic mass is 32.1. The minimum atomic E-state index is -0.601. The van der Waals surface area contributed by atoms with Crippen molar-refractivity contribution in [1.29, 1.82) is 0 Å². The number of rotatable bonds is 5. The van der Waals surface area contributed by atoms with Gasteiger partial charge < -0.3 is 4.90 Å². The van der Waals surface area contributed by atoms with Gasteiger partial charge in [0.25, 0.3) is 11.2 Å². The highest BCUT2D eigenvalue weighted by molar-refractivity contribution is 7.09. The van der Waals surface area contributed by atoms with Gasteiger partial charge in [-0.1, -0.05) is 6.07 Å². The summed E-state index contributed by atoms with van der Waals surface area (Å²) in [5.41, 5.74) is -0.665. The lowest BCUT2D eigenvalue weighted by Crippen LogP contribution is -2.33. The topological polar surface area (TPSA) is 85.4 Å². The number of hydrogen-bond acceptors (Lipinski definition) is 5. The molecule has 7 nitrogen and oxygen atoms in total. The maximum atomic E-state index is 12.1. The van der Waals surface area contributed by atoms with Crippen LogP contribution in [0.2, 0.25) is 0 Å². The number of pyridine rings is 1. The van der Waals surface area contributed by atoms with Gasteiger partial charge in [0.1, 0.15) is 6.54 Å². The van der Waals surface area contributed by atoms with Crippen molar-refractivity contribution in [2.24, 2.45) is 0 Å². The molecular weight excluding hydrogens is 294 g/mol. The van der Waals surface area contributed by atoms with Crippen molar-refractivity contribution >= 4 is 22.9 Å². The molecular formula is C13H13N3O4S. The Bertz CT molecular complexity index is 708. The van der Waals surface area contributed by atoms with Gasteiger partial charge in [-0.25, -0.2) is 0 Å². The molecule has 0 aliphatic heterocycles. The minimum absolute atomic E-state index is 0.219. The van der Waals surface area contributed by atoms with Gasteiger partial charge in [0.2, 0.25) is 5.91 Å². The van der Waals surface area contributed by atoms with Gasteiger partial charge in [-0.2, -0.15) is 0 Å². The van der Waals surface area contributed by atoms with Crippen LogP contribution >= 0.6 is 11.3 Å². The molecule has 0 bridgehead atoms. The van der Waals surface area contributed by atoms with E-state index in [2.05, 4.69) is 0 Å². The molecule has 2 rings (SSSR count). The summed E-state index contributed by atoms with van der Waals surface area (Å²) in [6, 6.07) is 6.01. The maximum absolute atomic E-state index is 12.1. The highest BCUT2D eigenvalue weighted by Crippen LogP contribution is 2.11. The number of nitro groups is 1. The van der Waals surface area contributed by atoms with Crippen LogP contribution in [-0.4, -0.2) is 27.3 Å². The van der Waals surface area contributed by atoms with E-state index in [0.29, 0.717) is 6.54 Å². The van der Waals surface area contributed by atoms with E-state index in [0.717, 1.165) is 27.8 Å². The second-order valence-electron chi connectivity index (χ2n) is 4.44. The molecule has 0 saturated heterocycles. The number of likely N-dealkylation sites (N-methyl/N-ethyl adjacent to an activating group) is 1. The predicted octanol–water partition coefficient (Wildman–Crippen LogP) is 1.48. The van der Waals surface area contributed by atoms with Crippen molar-refractivity contribution in [1.82, 2.24) is 9.47 Å². The average Bonchev–Trinajstić information content (AvgIpc) is 2.93. The highest BCUT2D eigenvalue weighted by Gasteiger charge is 2.14. The van der Waals surface area contributed by atoms with Crippen molar-refractivity contribution in [2.75, 3.05) is 7.05 Å². The summed E-state index contributed by atoms with van der Waals surface area (Å²) in [5, 5.41) is 12.6. The second-order valence-corrected chi connectivity index (χ2v) is 5.47. The van der Waals surface area contributed by atoms with Crippen LogP contribution in [0.5, 0.6) is 0 Å². The van der Waals surface area contributed by atoms with E-state index in [1.54, 1.807) is 7.05 Å². The van der Waals surface area contributed by atoms with Crippen molar-refractivity contribution in [3.8, 4) is 0 Å². The Labute approximate surface area is 124 Å². The summed E-state index contributed by atoms with van der Waals surface area (Å²) < 4.78 is 1.05. The van der Waals surface area contributed by atoms with Crippen LogP contribution in [0, 0.1) is 10.1 Å². The first-order valence-corrected chi connectivity index (χ1v) is 6.96. The first kappa shape index (κ1) is 14.9. The normalized spacial score (nSPS) is 10.3. The number of aromatic nitrogens is 1. The molecule has 0 aromatic carbocycles. The molecule has 2 heterocycles. The van der Waals surface area contributed by atoms with E-state index in [1.165, 1.54) is 16.2 Å². The van der Waals surface area contributed by atoms with E-state index in [9.17, 15) is 19.7 Å². The minimum Gasteiger partial charge on any atom is -0.339 e. The maximum Gasteiger partial charge on any atom is 0.285 e. The molecule has 2 aromatic rings. The van der Waals surface area contributed by atoms with Crippen LogP contribution in [0.3, 0.4) is 0 Å². The summed E-state index contributed by atoms with van der Waals surface area (Å²) in [4.78, 5) is 36.3. The number of hydrogen-bond donors (Lipinski definition) is 0. The van der Waals surface area contributed by atoms with Gasteiger partial charge in [-0.15, -0.1) is 11.3 Å². The van der Waals surface area contributed by atoms with Gasteiger partial charge in [0.15, 0.2) is 0 Å². The fourth-order valence-electron chi connectivity index (χ4n) is 1.74. The predicted molar refractivity (Wildman–Crippen MR) is 78.1 cm³/mol. The molecule has 2 aromatic heterocycles. The molecule has 0 saturated carbocycles. The van der Waals surface area contributed by atoms with Crippen LogP contribution in [0.15, 0.2) is 40.6 Å². The van der Waals surface area contributed by atoms with Gasteiger partial charge in [0, 0.05) is 24.1 Å². The van der Waals surface area contributed by atoms with Crippen LogP contribution in [0.25, 0.3) is 0 Å². The summed E-state index contributed by atoms with van der Waals surface area (Å²) in [5.74, 6) is -0.286. The first-order chi connectivity index (χ1) is 9.97. The van der Waals surface area contributed by atoms with Crippen LogP contribution in [0.4, 0.5) is 5.69 Å². The summed E-state index contributed by atoms with van der Waals surface area (Å²) >= 11 is 1.53. The third-order valence-corrected chi connectivity index (χ3v) is 3.74. The van der Waals surface area contributed by atoms with E-state index in [1.807, 2.05) is 17.5 Å². The largest absolute Gasteiger partial charge is 0.339 e. The zero-order valence-corrected chi connectivity index (χ0v) is 12.1. The molecule has 0 aliphatic rings. The zero-order chi connectivity index (χ0) is 15.4. The molecule has 8 heteroatoms. The average molecular weight is 307 g/mol. The smallest absolute Gasteiger partial charge is 0.285 e. The Morgan fingerprint density at radius 2 is 2.19 bits per heavy atom. The standard InChI is InChI=1S/C13H13N3O4S/c1-14(8-11-3-2-6-21-11)13(18)9-15-7-10(16(19)20)4-5-12(15)17/h2-7H,8-9H2,1H3. The van der Waals surface area contributed by atoms with Gasteiger partial charge in [0.05, 0.1) is 17.7 Å². The summed E-state index contributed by atoms with van der Waals surface area (Å²) in [6.45, 7) is 0.225. The number of nitrogens with zero attached hydrogens (tertiary/aromatic N) is 3. The molecule has 0 radical (unpaired) electrons. The van der Waals surface area contributed by atoms with E-state index in [4.69, 9.17) is 0 Å². The SMILES string of the molecule is CN(Cc1cccs1)C(=O)Cn1cc([N+](=O)[O-])ccc1=O. The Morgan fingerprint density at radius 1 is 1.43 bits per heavy atom. The fourth-order valence-corrected chi connectivity index (χ4v) is 2.50. The Hall–Kier alpha value is -2.48. The first-order valence-electron chi connectivity index (χ1n) is 6.08. The van der Waals surface area contributed by atoms with Gasteiger partial charge >= 0.3 is 0 Å². The van der Waals surface area contributed by atoms with E-state index in [-0.39, 0.29) is 18.1 Å². The fraction of sp³-hybridized carbons (Fsp3) is 0.231. The monoisotopic (exact) mass is 307 g/mol. The molecule has 0 spiro atoms. The van der Waals surface area contributed by atoms with Gasteiger partial charge in [-0.05, 0) is 11.4 Å². The number of amides is 1. The molecule has 0 atom stereocenters. The molecule has 0 unspecified atom stereocenters. The van der Waals surface area contributed by atoms with Gasteiger partial charge in [-0.3, -0.25) is 24.3 Å². The molecule has 0 fully saturated rings. The Morgan fingerprint density at radius 3 is 2.81 bits per heavy atom. The van der Waals surface area contributed by atoms with E-state index < -0.39 is 10.5 Å². The quantitative estimate of drug-likeness (QED) is 0.618. The Kier molecular flexibility index (Phi) is 4.49. The van der Waals surface area contributed by atoms with Crippen molar-refractivity contribution < 1.29 is 9.72 Å². The number of carbonyl (C=O) groups is 1. The molecule has 1 amide bonds. The zero-order valence-electron chi connectivity index (χ0n) is 11.3. The molecule has 0 aliphatic carbocycles. The third-order valence-electron chi connectivity index (χ3n) is 2.88. The third kappa shape index (κ3) is 3.76. The molecule has 110 valence electrons. The van der Waals surface area contributed by atoms with E-state index >= 15 is 0 Å². The van der Waals surface area contributed by atoms with Crippen molar-refractivity contribution in [3.05, 3.63) is 61.2 Å². The van der Waals surface area contributed by atoms with Crippen LogP contribution < -0.4 is 5.56 Å². The van der Waals surface area contributed by atoms with Crippen LogP contribution in [-0.2, 0) is 17.9 Å². The van der Waals surface area contributed by atoms with Crippen molar-refractivity contribution in [2.45, 2.75) is 13.1 Å². The number of carbonyl (C=O) groups excluding carboxylic acids is 1. The second kappa shape index (κ2) is 6.31. The number of thiophene rings is 1.